The Labute approximate surface area is 171 Å². The molecular weight excluding hydrogens is 368 g/mol. The molecule has 0 amide bonds. The van der Waals surface area contributed by atoms with Crippen molar-refractivity contribution in [2.45, 2.75) is 64.9 Å². The number of benzene rings is 2. The topological polar surface area (TPSA) is 72.8 Å². The molecule has 0 aromatic heterocycles. The highest BCUT2D eigenvalue weighted by Crippen LogP contribution is 2.46. The molecule has 5 heteroatoms. The van der Waals surface area contributed by atoms with E-state index in [4.69, 9.17) is 9.47 Å². The van der Waals surface area contributed by atoms with Crippen molar-refractivity contribution in [3.63, 3.8) is 0 Å². The molecule has 2 aromatic rings. The maximum atomic E-state index is 11.3. The SMILES string of the molecule is CC(=O)Oc1cc(OCc2ccc3c(c2)C(C)(C)CCC3(C)C)ccc1C(=O)O. The first-order valence-corrected chi connectivity index (χ1v) is 9.82. The third-order valence-electron chi connectivity index (χ3n) is 5.76. The van der Waals surface area contributed by atoms with Gasteiger partial charge in [0.15, 0.2) is 0 Å². The first kappa shape index (κ1) is 20.9. The zero-order chi connectivity index (χ0) is 21.4. The van der Waals surface area contributed by atoms with Crippen molar-refractivity contribution in [1.82, 2.24) is 0 Å². The van der Waals surface area contributed by atoms with Gasteiger partial charge in [0.2, 0.25) is 0 Å². The summed E-state index contributed by atoms with van der Waals surface area (Å²) in [5, 5.41) is 9.25. The second kappa shape index (κ2) is 7.54. The number of esters is 1. The number of carboxylic acid groups (broad SMARTS) is 1. The molecule has 0 unspecified atom stereocenters. The third kappa shape index (κ3) is 4.44. The van der Waals surface area contributed by atoms with Crippen LogP contribution >= 0.6 is 0 Å². The first-order valence-electron chi connectivity index (χ1n) is 9.82. The summed E-state index contributed by atoms with van der Waals surface area (Å²) in [6.07, 6.45) is 2.30. The maximum Gasteiger partial charge on any atom is 0.339 e. The Morgan fingerprint density at radius 2 is 1.62 bits per heavy atom. The minimum Gasteiger partial charge on any atom is -0.489 e. The molecule has 0 radical (unpaired) electrons. The summed E-state index contributed by atoms with van der Waals surface area (Å²) in [4.78, 5) is 22.6. The molecule has 154 valence electrons. The Morgan fingerprint density at radius 3 is 2.24 bits per heavy atom. The van der Waals surface area contributed by atoms with E-state index < -0.39 is 11.9 Å². The number of carboxylic acids is 1. The molecule has 0 saturated heterocycles. The number of carbonyl (C=O) groups excluding carboxylic acids is 1. The molecule has 3 rings (SSSR count). The van der Waals surface area contributed by atoms with Gasteiger partial charge in [-0.25, -0.2) is 4.79 Å². The highest BCUT2D eigenvalue weighted by atomic mass is 16.5. The quantitative estimate of drug-likeness (QED) is 0.553. The van der Waals surface area contributed by atoms with Crippen molar-refractivity contribution in [2.24, 2.45) is 0 Å². The normalized spacial score (nSPS) is 16.6. The van der Waals surface area contributed by atoms with Crippen LogP contribution in [0, 0.1) is 0 Å². The third-order valence-corrected chi connectivity index (χ3v) is 5.76. The minimum atomic E-state index is -1.16. The summed E-state index contributed by atoms with van der Waals surface area (Å²) >= 11 is 0. The second-order valence-electron chi connectivity index (χ2n) is 8.99. The average molecular weight is 396 g/mol. The van der Waals surface area contributed by atoms with Crippen LogP contribution in [-0.4, -0.2) is 17.0 Å². The number of ether oxygens (including phenoxy) is 2. The van der Waals surface area contributed by atoms with Crippen LogP contribution in [-0.2, 0) is 22.2 Å². The van der Waals surface area contributed by atoms with Gasteiger partial charge in [-0.1, -0.05) is 45.9 Å². The van der Waals surface area contributed by atoms with Gasteiger partial charge in [0.05, 0.1) is 0 Å². The van der Waals surface area contributed by atoms with E-state index in [0.29, 0.717) is 12.4 Å². The molecule has 0 aliphatic heterocycles. The molecule has 1 aliphatic carbocycles. The van der Waals surface area contributed by atoms with Crippen LogP contribution in [0.1, 0.15) is 74.5 Å². The second-order valence-corrected chi connectivity index (χ2v) is 8.99. The molecule has 0 atom stereocenters. The Balaban J connectivity index is 1.84. The number of fused-ring (bicyclic) bond motifs is 1. The predicted octanol–water partition coefficient (Wildman–Crippen LogP) is 5.24. The van der Waals surface area contributed by atoms with Gasteiger partial charge in [-0.15, -0.1) is 0 Å². The molecule has 2 aromatic carbocycles. The minimum absolute atomic E-state index is 0.0178. The Kier molecular flexibility index (Phi) is 5.44. The van der Waals surface area contributed by atoms with Crippen molar-refractivity contribution >= 4 is 11.9 Å². The fourth-order valence-electron chi connectivity index (χ4n) is 3.90. The molecule has 0 heterocycles. The van der Waals surface area contributed by atoms with Crippen LogP contribution in [0.2, 0.25) is 0 Å². The molecule has 0 saturated carbocycles. The van der Waals surface area contributed by atoms with Crippen molar-refractivity contribution in [2.75, 3.05) is 0 Å². The summed E-state index contributed by atoms with van der Waals surface area (Å²) in [7, 11) is 0. The molecule has 29 heavy (non-hydrogen) atoms. The Bertz CT molecular complexity index is 956. The number of hydrogen-bond acceptors (Lipinski definition) is 4. The predicted molar refractivity (Wildman–Crippen MR) is 111 cm³/mol. The molecule has 0 spiro atoms. The summed E-state index contributed by atoms with van der Waals surface area (Å²) in [6.45, 7) is 10.7. The van der Waals surface area contributed by atoms with E-state index in [1.165, 1.54) is 30.2 Å². The fraction of sp³-hybridized carbons (Fsp3) is 0.417. The fourth-order valence-corrected chi connectivity index (χ4v) is 3.90. The maximum absolute atomic E-state index is 11.3. The van der Waals surface area contributed by atoms with Gasteiger partial charge in [-0.2, -0.15) is 0 Å². The molecular formula is C24H28O5. The lowest BCUT2D eigenvalue weighted by Gasteiger charge is -2.42. The van der Waals surface area contributed by atoms with Crippen molar-refractivity contribution in [3.8, 4) is 11.5 Å². The molecule has 1 N–H and O–H groups in total. The summed E-state index contributed by atoms with van der Waals surface area (Å²) in [5.41, 5.74) is 4.00. The molecule has 5 nitrogen and oxygen atoms in total. The molecule has 1 aliphatic rings. The lowest BCUT2D eigenvalue weighted by molar-refractivity contribution is -0.131. The van der Waals surface area contributed by atoms with Crippen molar-refractivity contribution in [3.05, 3.63) is 58.7 Å². The van der Waals surface area contributed by atoms with Crippen molar-refractivity contribution in [1.29, 1.82) is 0 Å². The highest BCUT2D eigenvalue weighted by molar-refractivity contribution is 5.92. The van der Waals surface area contributed by atoms with Crippen LogP contribution in [0.5, 0.6) is 11.5 Å². The van der Waals surface area contributed by atoms with Gasteiger partial charge >= 0.3 is 11.9 Å². The van der Waals surface area contributed by atoms with Crippen LogP contribution in [0.15, 0.2) is 36.4 Å². The summed E-state index contributed by atoms with van der Waals surface area (Å²) < 4.78 is 10.9. The number of aromatic carboxylic acids is 1. The lowest BCUT2D eigenvalue weighted by Crippen LogP contribution is -2.33. The lowest BCUT2D eigenvalue weighted by atomic mass is 9.63. The van der Waals surface area contributed by atoms with E-state index >= 15 is 0 Å². The number of hydrogen-bond donors (Lipinski definition) is 1. The average Bonchev–Trinajstić information content (AvgIpc) is 2.63. The van der Waals surface area contributed by atoms with E-state index in [2.05, 4.69) is 45.9 Å². The molecule has 0 bridgehead atoms. The van der Waals surface area contributed by atoms with Gasteiger partial charge in [0.25, 0.3) is 0 Å². The van der Waals surface area contributed by atoms with E-state index in [0.717, 1.165) is 18.4 Å². The monoisotopic (exact) mass is 396 g/mol. The number of carbonyl (C=O) groups is 2. The largest absolute Gasteiger partial charge is 0.489 e. The van der Waals surface area contributed by atoms with E-state index in [1.54, 1.807) is 6.07 Å². The zero-order valence-electron chi connectivity index (χ0n) is 17.7. The Hall–Kier alpha value is -2.82. The van der Waals surface area contributed by atoms with Gasteiger partial charge in [-0.3, -0.25) is 4.79 Å². The van der Waals surface area contributed by atoms with Crippen LogP contribution in [0.4, 0.5) is 0 Å². The molecule has 0 fully saturated rings. The van der Waals surface area contributed by atoms with Crippen LogP contribution in [0.25, 0.3) is 0 Å². The first-order chi connectivity index (χ1) is 13.5. The zero-order valence-corrected chi connectivity index (χ0v) is 17.7. The van der Waals surface area contributed by atoms with Gasteiger partial charge in [0, 0.05) is 13.0 Å². The highest BCUT2D eigenvalue weighted by Gasteiger charge is 2.36. The van der Waals surface area contributed by atoms with Crippen LogP contribution < -0.4 is 9.47 Å². The van der Waals surface area contributed by atoms with Gasteiger partial charge in [0.1, 0.15) is 23.7 Å². The van der Waals surface area contributed by atoms with E-state index in [9.17, 15) is 14.7 Å². The van der Waals surface area contributed by atoms with E-state index in [-0.39, 0.29) is 22.1 Å². The van der Waals surface area contributed by atoms with Crippen LogP contribution in [0.3, 0.4) is 0 Å². The van der Waals surface area contributed by atoms with Gasteiger partial charge < -0.3 is 14.6 Å². The Morgan fingerprint density at radius 1 is 0.966 bits per heavy atom. The van der Waals surface area contributed by atoms with Gasteiger partial charge in [-0.05, 0) is 52.5 Å². The standard InChI is InChI=1S/C24H28O5/c1-15(25)29-21-13-17(7-8-18(21)22(26)27)28-14-16-6-9-19-20(12-16)24(4,5)11-10-23(19,2)3/h6-9,12-13H,10-11,14H2,1-5H3,(H,26,27). The number of rotatable bonds is 5. The van der Waals surface area contributed by atoms with Crippen molar-refractivity contribution < 1.29 is 24.2 Å². The summed E-state index contributed by atoms with van der Waals surface area (Å²) in [6, 6.07) is 10.9. The summed E-state index contributed by atoms with van der Waals surface area (Å²) in [5.74, 6) is -1.31. The smallest absolute Gasteiger partial charge is 0.339 e. The van der Waals surface area contributed by atoms with E-state index in [1.807, 2.05) is 0 Å².